The van der Waals surface area contributed by atoms with E-state index in [9.17, 15) is 14.4 Å². The van der Waals surface area contributed by atoms with Crippen LogP contribution in [0.5, 0.6) is 5.75 Å². The van der Waals surface area contributed by atoms with Crippen LogP contribution in [0.3, 0.4) is 0 Å². The first-order valence-corrected chi connectivity index (χ1v) is 11.5. The van der Waals surface area contributed by atoms with E-state index in [1.807, 2.05) is 48.5 Å². The number of rotatable bonds is 4. The standard InChI is InChI=1S/C28H23NO5/c30-21(18-9-3-1-4-10-18)17-27-23(19-11-5-2-6-12-19)28(15-16-33-26(28)32)29-24(27)20-13-7-8-14-22(20)34-25(27)31/h1-14,23-24,29H,15-17H2/t23-,24-,27-,28-/m1/s1. The minimum Gasteiger partial charge on any atom is -0.464 e. The molecule has 4 atom stereocenters. The Balaban J connectivity index is 1.60. The van der Waals surface area contributed by atoms with Crippen molar-refractivity contribution in [3.63, 3.8) is 0 Å². The average Bonchev–Trinajstić information content (AvgIpc) is 3.38. The minimum atomic E-state index is -1.33. The quantitative estimate of drug-likeness (QED) is 0.366. The first-order valence-electron chi connectivity index (χ1n) is 11.5. The van der Waals surface area contributed by atoms with Gasteiger partial charge in [-0.25, -0.2) is 0 Å². The van der Waals surface area contributed by atoms with Crippen molar-refractivity contribution in [3.8, 4) is 5.75 Å². The Labute approximate surface area is 196 Å². The summed E-state index contributed by atoms with van der Waals surface area (Å²) < 4.78 is 11.4. The van der Waals surface area contributed by atoms with Crippen LogP contribution in [-0.2, 0) is 14.3 Å². The third kappa shape index (κ3) is 2.82. The topological polar surface area (TPSA) is 81.7 Å². The number of ether oxygens (including phenoxy) is 2. The van der Waals surface area contributed by atoms with Crippen LogP contribution in [0.25, 0.3) is 0 Å². The van der Waals surface area contributed by atoms with Crippen molar-refractivity contribution in [3.05, 3.63) is 102 Å². The van der Waals surface area contributed by atoms with Crippen molar-refractivity contribution >= 4 is 17.7 Å². The highest BCUT2D eigenvalue weighted by Gasteiger charge is 2.73. The molecule has 2 saturated heterocycles. The molecular formula is C28H23NO5. The Bertz CT molecular complexity index is 1290. The van der Waals surface area contributed by atoms with Crippen LogP contribution in [0.2, 0.25) is 0 Å². The maximum absolute atomic E-state index is 14.0. The normalized spacial score (nSPS) is 29.3. The predicted octanol–water partition coefficient (Wildman–Crippen LogP) is 3.98. The molecule has 3 aliphatic rings. The molecule has 0 saturated carbocycles. The van der Waals surface area contributed by atoms with Crippen LogP contribution in [0.4, 0.5) is 0 Å². The second kappa shape index (κ2) is 7.64. The van der Waals surface area contributed by atoms with Crippen molar-refractivity contribution < 1.29 is 23.9 Å². The number of ketones is 1. The van der Waals surface area contributed by atoms with Gasteiger partial charge in [-0.3, -0.25) is 19.7 Å². The molecule has 0 aromatic heterocycles. The fourth-order valence-corrected chi connectivity index (χ4v) is 6.10. The van der Waals surface area contributed by atoms with Crippen molar-refractivity contribution in [2.75, 3.05) is 6.61 Å². The lowest BCUT2D eigenvalue weighted by molar-refractivity contribution is -0.150. The van der Waals surface area contributed by atoms with E-state index in [0.29, 0.717) is 17.7 Å². The average molecular weight is 453 g/mol. The number of cyclic esters (lactones) is 1. The third-order valence-electron chi connectivity index (χ3n) is 7.51. The van der Waals surface area contributed by atoms with Gasteiger partial charge in [0.25, 0.3) is 0 Å². The number of hydrogen-bond acceptors (Lipinski definition) is 6. The molecule has 3 aliphatic heterocycles. The number of benzene rings is 3. The summed E-state index contributed by atoms with van der Waals surface area (Å²) in [5.41, 5.74) is -0.385. The summed E-state index contributed by atoms with van der Waals surface area (Å²) in [6.07, 6.45) is 0.301. The fourth-order valence-electron chi connectivity index (χ4n) is 6.10. The number of fused-ring (bicyclic) bond motifs is 3. The smallest absolute Gasteiger partial charge is 0.327 e. The van der Waals surface area contributed by atoms with Crippen molar-refractivity contribution in [1.29, 1.82) is 0 Å². The Kier molecular flexibility index (Phi) is 4.67. The predicted molar refractivity (Wildman–Crippen MR) is 123 cm³/mol. The van der Waals surface area contributed by atoms with E-state index in [1.165, 1.54) is 0 Å². The number of hydrogen-bond donors (Lipinski definition) is 1. The molecule has 3 heterocycles. The molecule has 1 spiro atoms. The van der Waals surface area contributed by atoms with E-state index < -0.39 is 34.9 Å². The van der Waals surface area contributed by atoms with Gasteiger partial charge in [-0.1, -0.05) is 78.9 Å². The summed E-state index contributed by atoms with van der Waals surface area (Å²) in [5.74, 6) is -1.27. The maximum atomic E-state index is 14.0. The van der Waals surface area contributed by atoms with E-state index in [4.69, 9.17) is 9.47 Å². The number of esters is 2. The summed E-state index contributed by atoms with van der Waals surface area (Å²) in [5, 5.41) is 3.52. The first-order chi connectivity index (χ1) is 16.6. The van der Waals surface area contributed by atoms with E-state index in [1.54, 1.807) is 36.4 Å². The van der Waals surface area contributed by atoms with Gasteiger partial charge in [0.2, 0.25) is 0 Å². The van der Waals surface area contributed by atoms with Crippen molar-refractivity contribution in [2.24, 2.45) is 5.41 Å². The van der Waals surface area contributed by atoms with Crippen LogP contribution in [-0.4, -0.2) is 29.9 Å². The summed E-state index contributed by atoms with van der Waals surface area (Å²) >= 11 is 0. The number of carbonyl (C=O) groups is 3. The Morgan fingerprint density at radius 3 is 2.26 bits per heavy atom. The van der Waals surface area contributed by atoms with Crippen LogP contribution < -0.4 is 10.1 Å². The van der Waals surface area contributed by atoms with Crippen LogP contribution >= 0.6 is 0 Å². The van der Waals surface area contributed by atoms with Crippen LogP contribution in [0, 0.1) is 5.41 Å². The lowest BCUT2D eigenvalue weighted by Gasteiger charge is -2.41. The summed E-state index contributed by atoms with van der Waals surface area (Å²) in [6.45, 7) is 0.251. The number of para-hydroxylation sites is 1. The van der Waals surface area contributed by atoms with E-state index in [0.717, 1.165) is 11.1 Å². The van der Waals surface area contributed by atoms with Gasteiger partial charge in [0, 0.05) is 29.9 Å². The molecule has 6 heteroatoms. The van der Waals surface area contributed by atoms with Gasteiger partial charge in [-0.2, -0.15) is 0 Å². The summed E-state index contributed by atoms with van der Waals surface area (Å²) in [7, 11) is 0. The maximum Gasteiger partial charge on any atom is 0.327 e. The number of Topliss-reactive ketones (excluding diaryl/α,β-unsaturated/α-hetero) is 1. The van der Waals surface area contributed by atoms with Crippen molar-refractivity contribution in [2.45, 2.75) is 30.3 Å². The zero-order valence-electron chi connectivity index (χ0n) is 18.4. The second-order valence-electron chi connectivity index (χ2n) is 9.21. The Morgan fingerprint density at radius 1 is 0.882 bits per heavy atom. The molecule has 3 aromatic rings. The van der Waals surface area contributed by atoms with Gasteiger partial charge in [0.1, 0.15) is 16.7 Å². The fraction of sp³-hybridized carbons (Fsp3) is 0.250. The molecule has 6 rings (SSSR count). The van der Waals surface area contributed by atoms with Gasteiger partial charge in [-0.05, 0) is 11.6 Å². The molecule has 3 aromatic carbocycles. The monoisotopic (exact) mass is 453 g/mol. The van der Waals surface area contributed by atoms with E-state index in [-0.39, 0.29) is 18.8 Å². The lowest BCUT2D eigenvalue weighted by atomic mass is 9.60. The van der Waals surface area contributed by atoms with E-state index in [2.05, 4.69) is 5.32 Å². The lowest BCUT2D eigenvalue weighted by Crippen LogP contribution is -2.50. The first kappa shape index (κ1) is 20.8. The molecule has 170 valence electrons. The third-order valence-corrected chi connectivity index (χ3v) is 7.51. The van der Waals surface area contributed by atoms with Gasteiger partial charge in [0.15, 0.2) is 5.78 Å². The Hall–Kier alpha value is -3.77. The van der Waals surface area contributed by atoms with Gasteiger partial charge in [0.05, 0.1) is 12.6 Å². The van der Waals surface area contributed by atoms with Gasteiger partial charge in [-0.15, -0.1) is 0 Å². The highest BCUT2D eigenvalue weighted by Crippen LogP contribution is 2.64. The molecule has 2 fully saturated rings. The Morgan fingerprint density at radius 2 is 1.56 bits per heavy atom. The van der Waals surface area contributed by atoms with Gasteiger partial charge < -0.3 is 9.47 Å². The minimum absolute atomic E-state index is 0.101. The second-order valence-corrected chi connectivity index (χ2v) is 9.21. The summed E-state index contributed by atoms with van der Waals surface area (Å²) in [4.78, 5) is 40.9. The van der Waals surface area contributed by atoms with Gasteiger partial charge >= 0.3 is 11.9 Å². The largest absolute Gasteiger partial charge is 0.464 e. The van der Waals surface area contributed by atoms with Crippen LogP contribution in [0.15, 0.2) is 84.9 Å². The molecule has 0 aliphatic carbocycles. The number of carbonyl (C=O) groups excluding carboxylic acids is 3. The molecule has 0 bridgehead atoms. The molecule has 0 unspecified atom stereocenters. The SMILES string of the molecule is O=C(C[C@]12C(=O)Oc3ccccc3[C@H]1N[C@]1(CCOC1=O)[C@@H]2c1ccccc1)c1ccccc1. The zero-order chi connectivity index (χ0) is 23.3. The molecule has 34 heavy (non-hydrogen) atoms. The molecule has 0 radical (unpaired) electrons. The highest BCUT2D eigenvalue weighted by molar-refractivity contribution is 6.02. The molecular weight excluding hydrogens is 430 g/mol. The highest BCUT2D eigenvalue weighted by atomic mass is 16.5. The van der Waals surface area contributed by atoms with Crippen molar-refractivity contribution in [1.82, 2.24) is 5.32 Å². The molecule has 1 N–H and O–H groups in total. The molecule has 6 nitrogen and oxygen atoms in total. The molecule has 0 amide bonds. The summed E-state index contributed by atoms with van der Waals surface area (Å²) in [6, 6.07) is 25.1. The zero-order valence-corrected chi connectivity index (χ0v) is 18.4. The number of nitrogens with one attached hydrogen (secondary N) is 1. The van der Waals surface area contributed by atoms with Crippen LogP contribution in [0.1, 0.15) is 46.3 Å². The van der Waals surface area contributed by atoms with E-state index >= 15 is 0 Å².